The molecule has 0 fully saturated rings. The van der Waals surface area contributed by atoms with Gasteiger partial charge in [0.1, 0.15) is 6.61 Å². The van der Waals surface area contributed by atoms with Crippen molar-refractivity contribution in [3.8, 4) is 17.2 Å². The van der Waals surface area contributed by atoms with E-state index in [0.717, 1.165) is 17.1 Å². The van der Waals surface area contributed by atoms with Crippen LogP contribution in [0.15, 0.2) is 54.6 Å². The van der Waals surface area contributed by atoms with E-state index in [1.807, 2.05) is 67.1 Å². The first-order valence-electron chi connectivity index (χ1n) is 8.44. The SMILES string of the molecule is Cc1nn(-c2ccccc2)c(C)c1NC(=O)[C@H]1COc2ccccc2O1. The molecule has 6 heteroatoms. The Kier molecular flexibility index (Phi) is 4.08. The van der Waals surface area contributed by atoms with Gasteiger partial charge in [-0.3, -0.25) is 4.79 Å². The molecule has 4 rings (SSSR count). The predicted molar refractivity (Wildman–Crippen MR) is 98.0 cm³/mol. The Labute approximate surface area is 151 Å². The van der Waals surface area contributed by atoms with E-state index in [2.05, 4.69) is 10.4 Å². The zero-order valence-electron chi connectivity index (χ0n) is 14.6. The summed E-state index contributed by atoms with van der Waals surface area (Å²) in [6.45, 7) is 3.97. The second-order valence-corrected chi connectivity index (χ2v) is 6.15. The Morgan fingerprint density at radius 2 is 1.77 bits per heavy atom. The summed E-state index contributed by atoms with van der Waals surface area (Å²) in [5, 5.41) is 7.49. The average Bonchev–Trinajstić information content (AvgIpc) is 2.96. The Morgan fingerprint density at radius 3 is 2.54 bits per heavy atom. The monoisotopic (exact) mass is 349 g/mol. The van der Waals surface area contributed by atoms with Gasteiger partial charge >= 0.3 is 0 Å². The molecule has 1 aromatic heterocycles. The number of benzene rings is 2. The lowest BCUT2D eigenvalue weighted by molar-refractivity contribution is -0.125. The van der Waals surface area contributed by atoms with E-state index in [9.17, 15) is 4.79 Å². The third-order valence-corrected chi connectivity index (χ3v) is 4.34. The second-order valence-electron chi connectivity index (χ2n) is 6.15. The number of carbonyl (C=O) groups excluding carboxylic acids is 1. The van der Waals surface area contributed by atoms with Crippen molar-refractivity contribution < 1.29 is 14.3 Å². The summed E-state index contributed by atoms with van der Waals surface area (Å²) in [5.41, 5.74) is 3.25. The van der Waals surface area contributed by atoms with Crippen LogP contribution in [0.2, 0.25) is 0 Å². The van der Waals surface area contributed by atoms with E-state index in [0.29, 0.717) is 17.2 Å². The molecule has 0 saturated heterocycles. The van der Waals surface area contributed by atoms with Gasteiger partial charge in [0.2, 0.25) is 6.10 Å². The zero-order chi connectivity index (χ0) is 18.1. The minimum Gasteiger partial charge on any atom is -0.485 e. The van der Waals surface area contributed by atoms with Gasteiger partial charge in [0.15, 0.2) is 11.5 Å². The van der Waals surface area contributed by atoms with Crippen LogP contribution in [0.4, 0.5) is 5.69 Å². The third kappa shape index (κ3) is 2.90. The smallest absolute Gasteiger partial charge is 0.269 e. The number of nitrogens with one attached hydrogen (secondary N) is 1. The van der Waals surface area contributed by atoms with Crippen LogP contribution < -0.4 is 14.8 Å². The molecule has 132 valence electrons. The van der Waals surface area contributed by atoms with Gasteiger partial charge in [-0.1, -0.05) is 30.3 Å². The molecule has 1 aliphatic heterocycles. The minimum absolute atomic E-state index is 0.174. The summed E-state index contributed by atoms with van der Waals surface area (Å²) < 4.78 is 13.2. The standard InChI is InChI=1S/C20H19N3O3/c1-13-19(14(2)23(22-13)15-8-4-3-5-9-15)21-20(24)18-12-25-16-10-6-7-11-17(16)26-18/h3-11,18H,12H2,1-2H3,(H,21,24)/t18-/m1/s1. The number of hydrogen-bond donors (Lipinski definition) is 1. The first-order valence-corrected chi connectivity index (χ1v) is 8.44. The molecule has 6 nitrogen and oxygen atoms in total. The van der Waals surface area contributed by atoms with Crippen molar-refractivity contribution in [3.63, 3.8) is 0 Å². The number of ether oxygens (including phenoxy) is 2. The highest BCUT2D eigenvalue weighted by molar-refractivity contribution is 5.95. The largest absolute Gasteiger partial charge is 0.485 e. The molecule has 0 aliphatic carbocycles. The van der Waals surface area contributed by atoms with Crippen LogP contribution in [0, 0.1) is 13.8 Å². The summed E-state index contributed by atoms with van der Waals surface area (Å²) in [5.74, 6) is 0.978. The molecule has 1 atom stereocenters. The van der Waals surface area contributed by atoms with E-state index in [4.69, 9.17) is 9.47 Å². The van der Waals surface area contributed by atoms with Crippen LogP contribution >= 0.6 is 0 Å². The fourth-order valence-corrected chi connectivity index (χ4v) is 3.00. The molecule has 3 aromatic rings. The molecule has 0 radical (unpaired) electrons. The lowest BCUT2D eigenvalue weighted by Crippen LogP contribution is -2.40. The number of aryl methyl sites for hydroxylation is 1. The van der Waals surface area contributed by atoms with Crippen molar-refractivity contribution in [1.29, 1.82) is 0 Å². The summed E-state index contributed by atoms with van der Waals surface area (Å²) in [6, 6.07) is 17.1. The molecule has 0 unspecified atom stereocenters. The Balaban J connectivity index is 1.55. The molecule has 2 aromatic carbocycles. The molecule has 0 bridgehead atoms. The van der Waals surface area contributed by atoms with Crippen molar-refractivity contribution in [2.24, 2.45) is 0 Å². The van der Waals surface area contributed by atoms with Crippen LogP contribution in [-0.2, 0) is 4.79 Å². The van der Waals surface area contributed by atoms with Crippen LogP contribution in [0.3, 0.4) is 0 Å². The van der Waals surface area contributed by atoms with Crippen molar-refractivity contribution in [2.45, 2.75) is 20.0 Å². The van der Waals surface area contributed by atoms with Crippen molar-refractivity contribution >= 4 is 11.6 Å². The van der Waals surface area contributed by atoms with Gasteiger partial charge in [-0.2, -0.15) is 5.10 Å². The van der Waals surface area contributed by atoms with Gasteiger partial charge in [-0.25, -0.2) is 4.68 Å². The van der Waals surface area contributed by atoms with Crippen molar-refractivity contribution in [3.05, 3.63) is 66.0 Å². The third-order valence-electron chi connectivity index (χ3n) is 4.34. The molecule has 1 amide bonds. The summed E-state index contributed by atoms with van der Waals surface area (Å²) in [6.07, 6.45) is -0.705. The number of rotatable bonds is 3. The number of nitrogens with zero attached hydrogens (tertiary/aromatic N) is 2. The van der Waals surface area contributed by atoms with E-state index in [-0.39, 0.29) is 12.5 Å². The van der Waals surface area contributed by atoms with Crippen LogP contribution in [0.1, 0.15) is 11.4 Å². The maximum absolute atomic E-state index is 12.7. The van der Waals surface area contributed by atoms with Gasteiger partial charge in [-0.05, 0) is 38.1 Å². The zero-order valence-corrected chi connectivity index (χ0v) is 14.6. The Bertz CT molecular complexity index is 950. The molecule has 0 spiro atoms. The molecule has 0 saturated carbocycles. The molecule has 2 heterocycles. The number of fused-ring (bicyclic) bond motifs is 1. The topological polar surface area (TPSA) is 65.4 Å². The lowest BCUT2D eigenvalue weighted by atomic mass is 10.2. The Hall–Kier alpha value is -3.28. The highest BCUT2D eigenvalue weighted by Gasteiger charge is 2.28. The number of para-hydroxylation sites is 3. The molecule has 26 heavy (non-hydrogen) atoms. The highest BCUT2D eigenvalue weighted by Crippen LogP contribution is 2.31. The molecule has 1 aliphatic rings. The van der Waals surface area contributed by atoms with E-state index in [1.54, 1.807) is 6.07 Å². The van der Waals surface area contributed by atoms with Gasteiger partial charge < -0.3 is 14.8 Å². The second kappa shape index (κ2) is 6.55. The summed E-state index contributed by atoms with van der Waals surface area (Å²) >= 11 is 0. The average molecular weight is 349 g/mol. The Morgan fingerprint density at radius 1 is 1.08 bits per heavy atom. The minimum atomic E-state index is -0.705. The first kappa shape index (κ1) is 16.2. The fourth-order valence-electron chi connectivity index (χ4n) is 3.00. The number of hydrogen-bond acceptors (Lipinski definition) is 4. The fraction of sp³-hybridized carbons (Fsp3) is 0.200. The van der Waals surface area contributed by atoms with Crippen LogP contribution in [-0.4, -0.2) is 28.4 Å². The maximum atomic E-state index is 12.7. The highest BCUT2D eigenvalue weighted by atomic mass is 16.6. The number of anilines is 1. The number of amides is 1. The van der Waals surface area contributed by atoms with Crippen molar-refractivity contribution in [2.75, 3.05) is 11.9 Å². The van der Waals surface area contributed by atoms with Crippen LogP contribution in [0.5, 0.6) is 11.5 Å². The van der Waals surface area contributed by atoms with Gasteiger partial charge in [0.05, 0.1) is 22.8 Å². The molecular weight excluding hydrogens is 330 g/mol. The first-order chi connectivity index (χ1) is 12.6. The molecular formula is C20H19N3O3. The quantitative estimate of drug-likeness (QED) is 0.788. The summed E-state index contributed by atoms with van der Waals surface area (Å²) in [4.78, 5) is 12.7. The van der Waals surface area contributed by atoms with Gasteiger partial charge in [-0.15, -0.1) is 0 Å². The lowest BCUT2D eigenvalue weighted by Gasteiger charge is -2.25. The van der Waals surface area contributed by atoms with E-state index < -0.39 is 6.10 Å². The summed E-state index contributed by atoms with van der Waals surface area (Å²) in [7, 11) is 0. The van der Waals surface area contributed by atoms with E-state index in [1.165, 1.54) is 0 Å². The van der Waals surface area contributed by atoms with E-state index >= 15 is 0 Å². The normalized spacial score (nSPS) is 15.5. The van der Waals surface area contributed by atoms with Gasteiger partial charge in [0.25, 0.3) is 5.91 Å². The predicted octanol–water partition coefficient (Wildman–Crippen LogP) is 3.27. The van der Waals surface area contributed by atoms with Crippen LogP contribution in [0.25, 0.3) is 5.69 Å². The molecule has 1 N–H and O–H groups in total. The number of aromatic nitrogens is 2. The van der Waals surface area contributed by atoms with Gasteiger partial charge in [0, 0.05) is 0 Å². The number of carbonyl (C=O) groups is 1. The van der Waals surface area contributed by atoms with Crippen molar-refractivity contribution in [1.82, 2.24) is 9.78 Å². The maximum Gasteiger partial charge on any atom is 0.269 e.